The summed E-state index contributed by atoms with van der Waals surface area (Å²) in [6.07, 6.45) is 1.57. The van der Waals surface area contributed by atoms with E-state index in [2.05, 4.69) is 23.1 Å². The summed E-state index contributed by atoms with van der Waals surface area (Å²) in [6.45, 7) is 0.765. The third-order valence-corrected chi connectivity index (χ3v) is 6.34. The third kappa shape index (κ3) is 3.06. The van der Waals surface area contributed by atoms with Crippen LogP contribution < -0.4 is 0 Å². The van der Waals surface area contributed by atoms with E-state index in [1.54, 1.807) is 11.3 Å². The molecule has 3 nitrogen and oxygen atoms in total. The number of carbonyl (C=O) groups is 1. The van der Waals surface area contributed by atoms with E-state index in [4.69, 9.17) is 11.6 Å². The Labute approximate surface area is 155 Å². The van der Waals surface area contributed by atoms with Gasteiger partial charge in [-0.15, -0.1) is 11.3 Å². The minimum atomic E-state index is -0.754. The molecule has 128 valence electrons. The first kappa shape index (κ1) is 16.6. The second kappa shape index (κ2) is 6.79. The van der Waals surface area contributed by atoms with Crippen LogP contribution in [0.4, 0.5) is 0 Å². The largest absolute Gasteiger partial charge is 0.480 e. The molecule has 0 spiro atoms. The number of likely N-dealkylation sites (tertiary alicyclic amines) is 1. The fourth-order valence-electron chi connectivity index (χ4n) is 3.69. The van der Waals surface area contributed by atoms with Crippen molar-refractivity contribution in [2.24, 2.45) is 0 Å². The number of aliphatic carboxylic acids is 1. The zero-order valence-corrected chi connectivity index (χ0v) is 15.1. The van der Waals surface area contributed by atoms with Gasteiger partial charge in [-0.2, -0.15) is 0 Å². The van der Waals surface area contributed by atoms with Gasteiger partial charge in [0.15, 0.2) is 0 Å². The molecule has 1 aliphatic heterocycles. The molecule has 0 amide bonds. The van der Waals surface area contributed by atoms with E-state index in [-0.39, 0.29) is 6.04 Å². The molecule has 0 aliphatic carbocycles. The quantitative estimate of drug-likeness (QED) is 0.685. The Kier molecular flexibility index (Phi) is 4.50. The molecule has 2 heterocycles. The van der Waals surface area contributed by atoms with Crippen molar-refractivity contribution < 1.29 is 9.90 Å². The number of carboxylic acid groups (broad SMARTS) is 1. The van der Waals surface area contributed by atoms with Gasteiger partial charge in [0.05, 0.1) is 6.04 Å². The molecule has 5 heteroatoms. The van der Waals surface area contributed by atoms with Gasteiger partial charge < -0.3 is 5.11 Å². The Morgan fingerprint density at radius 1 is 1.20 bits per heavy atom. The SMILES string of the molecule is O=C(O)C1CCCN1C(c1cc2ccccc2s1)c1ccccc1Cl. The number of fused-ring (bicyclic) bond motifs is 1. The van der Waals surface area contributed by atoms with Crippen molar-refractivity contribution in [1.29, 1.82) is 0 Å². The van der Waals surface area contributed by atoms with Crippen LogP contribution in [0.3, 0.4) is 0 Å². The molecular formula is C20H18ClNO2S. The first-order chi connectivity index (χ1) is 12.1. The molecule has 1 aromatic heterocycles. The molecule has 4 rings (SSSR count). The van der Waals surface area contributed by atoms with E-state index in [0.717, 1.165) is 23.4 Å². The van der Waals surface area contributed by atoms with Crippen LogP contribution in [0.5, 0.6) is 0 Å². The first-order valence-electron chi connectivity index (χ1n) is 8.36. The standard InChI is InChI=1S/C20H18ClNO2S/c21-15-8-3-2-7-14(15)19(22-11-5-9-16(22)20(23)24)18-12-13-6-1-4-10-17(13)25-18/h1-4,6-8,10,12,16,19H,5,9,11H2,(H,23,24). The van der Waals surface area contributed by atoms with Gasteiger partial charge >= 0.3 is 5.97 Å². The highest BCUT2D eigenvalue weighted by Crippen LogP contribution is 2.42. The van der Waals surface area contributed by atoms with Crippen molar-refractivity contribution in [1.82, 2.24) is 4.90 Å². The van der Waals surface area contributed by atoms with E-state index < -0.39 is 12.0 Å². The predicted octanol–water partition coefficient (Wildman–Crippen LogP) is 5.19. The lowest BCUT2D eigenvalue weighted by Crippen LogP contribution is -2.39. The molecule has 3 aromatic rings. The Morgan fingerprint density at radius 2 is 1.96 bits per heavy atom. The Morgan fingerprint density at radius 3 is 2.72 bits per heavy atom. The fourth-order valence-corrected chi connectivity index (χ4v) is 5.14. The van der Waals surface area contributed by atoms with Gasteiger partial charge in [0.25, 0.3) is 0 Å². The van der Waals surface area contributed by atoms with Crippen LogP contribution in [0, 0.1) is 0 Å². The van der Waals surface area contributed by atoms with Crippen molar-refractivity contribution in [3.8, 4) is 0 Å². The maximum absolute atomic E-state index is 11.8. The Hall–Kier alpha value is -1.88. The first-order valence-corrected chi connectivity index (χ1v) is 9.56. The van der Waals surface area contributed by atoms with Crippen LogP contribution in [0.15, 0.2) is 54.6 Å². The molecule has 1 saturated heterocycles. The van der Waals surface area contributed by atoms with E-state index in [1.165, 1.54) is 10.1 Å². The highest BCUT2D eigenvalue weighted by molar-refractivity contribution is 7.19. The van der Waals surface area contributed by atoms with Gasteiger partial charge in [-0.25, -0.2) is 0 Å². The molecule has 0 radical (unpaired) electrons. The molecule has 0 saturated carbocycles. The van der Waals surface area contributed by atoms with Crippen LogP contribution in [-0.4, -0.2) is 28.6 Å². The third-order valence-electron chi connectivity index (χ3n) is 4.82. The van der Waals surface area contributed by atoms with Crippen LogP contribution in [0.25, 0.3) is 10.1 Å². The molecule has 1 N–H and O–H groups in total. The van der Waals surface area contributed by atoms with Crippen molar-refractivity contribution >= 4 is 39.0 Å². The van der Waals surface area contributed by atoms with E-state index in [9.17, 15) is 9.90 Å². The van der Waals surface area contributed by atoms with Gasteiger partial charge in [0.1, 0.15) is 6.04 Å². The summed E-state index contributed by atoms with van der Waals surface area (Å²) in [5.74, 6) is -0.754. The Balaban J connectivity index is 1.86. The Bertz CT molecular complexity index is 890. The van der Waals surface area contributed by atoms with Gasteiger partial charge in [-0.05, 0) is 42.0 Å². The number of hydrogen-bond acceptors (Lipinski definition) is 3. The number of hydrogen-bond donors (Lipinski definition) is 1. The van der Waals surface area contributed by atoms with Gasteiger partial charge in [-0.3, -0.25) is 9.69 Å². The number of halogens is 1. The van der Waals surface area contributed by atoms with Gasteiger partial charge in [-0.1, -0.05) is 48.0 Å². The van der Waals surface area contributed by atoms with Crippen molar-refractivity contribution in [3.63, 3.8) is 0 Å². The number of thiophene rings is 1. The van der Waals surface area contributed by atoms with Crippen LogP contribution in [0.1, 0.15) is 29.3 Å². The number of nitrogens with zero attached hydrogens (tertiary/aromatic N) is 1. The fraction of sp³-hybridized carbons (Fsp3) is 0.250. The second-order valence-corrected chi connectivity index (χ2v) is 7.87. The maximum Gasteiger partial charge on any atom is 0.320 e. The van der Waals surface area contributed by atoms with E-state index in [1.807, 2.05) is 36.4 Å². The maximum atomic E-state index is 11.8. The second-order valence-electron chi connectivity index (χ2n) is 6.34. The summed E-state index contributed by atoms with van der Waals surface area (Å²) >= 11 is 8.22. The lowest BCUT2D eigenvalue weighted by Gasteiger charge is -2.31. The molecule has 1 aliphatic rings. The highest BCUT2D eigenvalue weighted by Gasteiger charge is 2.38. The highest BCUT2D eigenvalue weighted by atomic mass is 35.5. The van der Waals surface area contributed by atoms with E-state index >= 15 is 0 Å². The monoisotopic (exact) mass is 371 g/mol. The number of carboxylic acids is 1. The summed E-state index contributed by atoms with van der Waals surface area (Å²) in [6, 6.07) is 17.6. The van der Waals surface area contributed by atoms with Crippen LogP contribution in [0.2, 0.25) is 5.02 Å². The minimum Gasteiger partial charge on any atom is -0.480 e. The van der Waals surface area contributed by atoms with Crippen LogP contribution >= 0.6 is 22.9 Å². The average molecular weight is 372 g/mol. The summed E-state index contributed by atoms with van der Waals surface area (Å²) in [4.78, 5) is 15.0. The molecule has 25 heavy (non-hydrogen) atoms. The van der Waals surface area contributed by atoms with Crippen molar-refractivity contribution in [3.05, 3.63) is 70.1 Å². The number of benzene rings is 2. The molecule has 0 bridgehead atoms. The van der Waals surface area contributed by atoms with E-state index in [0.29, 0.717) is 11.4 Å². The van der Waals surface area contributed by atoms with Crippen molar-refractivity contribution in [2.75, 3.05) is 6.54 Å². The zero-order chi connectivity index (χ0) is 17.4. The van der Waals surface area contributed by atoms with Crippen molar-refractivity contribution in [2.45, 2.75) is 24.9 Å². The zero-order valence-electron chi connectivity index (χ0n) is 13.6. The lowest BCUT2D eigenvalue weighted by molar-refractivity contribution is -0.142. The summed E-state index contributed by atoms with van der Waals surface area (Å²) in [5.41, 5.74) is 0.976. The number of rotatable bonds is 4. The summed E-state index contributed by atoms with van der Waals surface area (Å²) in [5, 5.41) is 11.5. The average Bonchev–Trinajstić information content (AvgIpc) is 3.24. The predicted molar refractivity (Wildman–Crippen MR) is 102 cm³/mol. The molecule has 2 aromatic carbocycles. The molecular weight excluding hydrogens is 354 g/mol. The summed E-state index contributed by atoms with van der Waals surface area (Å²) in [7, 11) is 0. The minimum absolute atomic E-state index is 0.130. The lowest BCUT2D eigenvalue weighted by atomic mass is 10.0. The topological polar surface area (TPSA) is 40.5 Å². The van der Waals surface area contributed by atoms with Crippen LogP contribution in [-0.2, 0) is 4.79 Å². The molecule has 2 unspecified atom stereocenters. The smallest absolute Gasteiger partial charge is 0.320 e. The van der Waals surface area contributed by atoms with Gasteiger partial charge in [0, 0.05) is 21.1 Å². The molecule has 1 fully saturated rings. The normalized spacial score (nSPS) is 19.3. The molecule has 2 atom stereocenters. The summed E-state index contributed by atoms with van der Waals surface area (Å²) < 4.78 is 1.21. The van der Waals surface area contributed by atoms with Gasteiger partial charge in [0.2, 0.25) is 0 Å².